The van der Waals surface area contributed by atoms with Crippen LogP contribution in [0.15, 0.2) is 73.8 Å². The van der Waals surface area contributed by atoms with Crippen molar-refractivity contribution in [2.24, 2.45) is 0 Å². The number of rotatable bonds is 3. The quantitative estimate of drug-likeness (QED) is 0.477. The zero-order valence-corrected chi connectivity index (χ0v) is 17.2. The minimum Gasteiger partial charge on any atom is -0.310 e. The van der Waals surface area contributed by atoms with Crippen LogP contribution in [0.25, 0.3) is 16.7 Å². The van der Waals surface area contributed by atoms with Crippen molar-refractivity contribution in [2.45, 2.75) is 23.3 Å². The average molecular weight is 459 g/mol. The highest BCUT2D eigenvalue weighted by Crippen LogP contribution is 2.22. The topological polar surface area (TPSA) is 97.3 Å². The van der Waals surface area contributed by atoms with Crippen LogP contribution in [0.1, 0.15) is 6.92 Å². The Balaban J connectivity index is 2.13. The molecule has 0 bridgehead atoms. The number of nitrogens with one attached hydrogen (secondary N) is 1. The first-order valence-electron chi connectivity index (χ1n) is 8.45. The van der Waals surface area contributed by atoms with Gasteiger partial charge in [0, 0.05) is 17.2 Å². The van der Waals surface area contributed by atoms with Gasteiger partial charge in [-0.25, -0.2) is 13.4 Å². The number of fused-ring (bicyclic) bond motifs is 2. The van der Waals surface area contributed by atoms with E-state index in [0.29, 0.717) is 17.8 Å². The number of pyridine rings is 2. The first-order chi connectivity index (χ1) is 13.3. The molecule has 28 heavy (non-hydrogen) atoms. The Kier molecular flexibility index (Phi) is 4.43. The SMILES string of the molecule is CCn1c(=N)c(S(=O)(=O)c2ccc(Br)cc2)cc2c(=O)n3ccccc3nc21. The molecule has 3 aromatic heterocycles. The van der Waals surface area contributed by atoms with Crippen LogP contribution in [-0.2, 0) is 16.4 Å². The number of nitrogens with zero attached hydrogens (tertiary/aromatic N) is 3. The molecule has 0 unspecified atom stereocenters. The lowest BCUT2D eigenvalue weighted by molar-refractivity contribution is 0.590. The number of benzene rings is 1. The van der Waals surface area contributed by atoms with E-state index in [1.165, 1.54) is 27.2 Å². The molecule has 0 aliphatic heterocycles. The maximum atomic E-state index is 13.2. The Morgan fingerprint density at radius 2 is 1.86 bits per heavy atom. The Morgan fingerprint density at radius 1 is 1.14 bits per heavy atom. The maximum Gasteiger partial charge on any atom is 0.267 e. The van der Waals surface area contributed by atoms with Crippen molar-refractivity contribution < 1.29 is 8.42 Å². The summed E-state index contributed by atoms with van der Waals surface area (Å²) in [6.07, 6.45) is 1.58. The van der Waals surface area contributed by atoms with Gasteiger partial charge in [-0.2, -0.15) is 0 Å². The summed E-state index contributed by atoms with van der Waals surface area (Å²) in [6.45, 7) is 2.08. The van der Waals surface area contributed by atoms with Gasteiger partial charge in [0.15, 0.2) is 0 Å². The minimum atomic E-state index is -3.99. The maximum absolute atomic E-state index is 13.2. The normalized spacial score (nSPS) is 11.9. The lowest BCUT2D eigenvalue weighted by atomic mass is 10.3. The third-order valence-corrected chi connectivity index (χ3v) is 6.82. The minimum absolute atomic E-state index is 0.0556. The first-order valence-corrected chi connectivity index (χ1v) is 10.7. The average Bonchev–Trinajstić information content (AvgIpc) is 2.68. The molecule has 4 aromatic rings. The molecule has 7 nitrogen and oxygen atoms in total. The second-order valence-electron chi connectivity index (χ2n) is 6.14. The smallest absolute Gasteiger partial charge is 0.267 e. The van der Waals surface area contributed by atoms with Gasteiger partial charge in [0.25, 0.3) is 5.56 Å². The van der Waals surface area contributed by atoms with Crippen LogP contribution in [0.5, 0.6) is 0 Å². The Hall–Kier alpha value is -2.78. The van der Waals surface area contributed by atoms with E-state index in [-0.39, 0.29) is 26.2 Å². The summed E-state index contributed by atoms with van der Waals surface area (Å²) in [5, 5.41) is 8.63. The molecule has 0 aliphatic rings. The van der Waals surface area contributed by atoms with Crippen LogP contribution in [0.3, 0.4) is 0 Å². The van der Waals surface area contributed by atoms with Gasteiger partial charge in [0.05, 0.1) is 10.3 Å². The fourth-order valence-electron chi connectivity index (χ4n) is 3.11. The number of sulfone groups is 1. The Bertz CT molecular complexity index is 1460. The molecular formula is C19H15BrN4O3S. The van der Waals surface area contributed by atoms with E-state index in [2.05, 4.69) is 20.9 Å². The molecule has 142 valence electrons. The van der Waals surface area contributed by atoms with Crippen LogP contribution in [0, 0.1) is 5.41 Å². The number of hydrogen-bond acceptors (Lipinski definition) is 5. The standard InChI is InChI=1S/C19H15BrN4O3S/c1-2-23-17(21)15(28(26,27)13-8-6-12(20)7-9-13)11-14-18(23)22-16-5-3-4-10-24(16)19(14)25/h3-11,21H,2H2,1H3. The van der Waals surface area contributed by atoms with E-state index >= 15 is 0 Å². The Labute approximate surface area is 168 Å². The molecule has 0 amide bonds. The van der Waals surface area contributed by atoms with E-state index in [1.807, 2.05) is 0 Å². The molecule has 4 rings (SSSR count). The van der Waals surface area contributed by atoms with Crippen molar-refractivity contribution >= 4 is 42.4 Å². The van der Waals surface area contributed by atoms with Crippen molar-refractivity contribution in [3.8, 4) is 0 Å². The highest BCUT2D eigenvalue weighted by molar-refractivity contribution is 9.10. The summed E-state index contributed by atoms with van der Waals surface area (Å²) in [5.74, 6) is 0. The molecule has 0 aliphatic carbocycles. The number of aromatic nitrogens is 3. The molecule has 0 spiro atoms. The first kappa shape index (κ1) is 18.6. The summed E-state index contributed by atoms with van der Waals surface area (Å²) in [5.41, 5.74) is 0.142. The lowest BCUT2D eigenvalue weighted by Gasteiger charge is -2.13. The molecule has 1 N–H and O–H groups in total. The van der Waals surface area contributed by atoms with Gasteiger partial charge in [-0.3, -0.25) is 14.6 Å². The van der Waals surface area contributed by atoms with Gasteiger partial charge in [-0.05, 0) is 49.4 Å². The molecule has 3 heterocycles. The molecule has 1 aromatic carbocycles. The van der Waals surface area contributed by atoms with E-state index in [9.17, 15) is 13.2 Å². The molecule has 9 heteroatoms. The largest absolute Gasteiger partial charge is 0.310 e. The third-order valence-electron chi connectivity index (χ3n) is 4.51. The monoisotopic (exact) mass is 458 g/mol. The van der Waals surface area contributed by atoms with Gasteiger partial charge in [-0.1, -0.05) is 22.0 Å². The Morgan fingerprint density at radius 3 is 2.54 bits per heavy atom. The molecule has 0 saturated heterocycles. The van der Waals surface area contributed by atoms with E-state index < -0.39 is 9.84 Å². The predicted octanol–water partition coefficient (Wildman–Crippen LogP) is 2.74. The molecule has 0 radical (unpaired) electrons. The highest BCUT2D eigenvalue weighted by atomic mass is 79.9. The van der Waals surface area contributed by atoms with Gasteiger partial charge in [0.2, 0.25) is 9.84 Å². The molecule has 0 atom stereocenters. The number of aryl methyl sites for hydroxylation is 1. The lowest BCUT2D eigenvalue weighted by Crippen LogP contribution is -2.29. The van der Waals surface area contributed by atoms with Crippen LogP contribution >= 0.6 is 15.9 Å². The van der Waals surface area contributed by atoms with Gasteiger partial charge in [-0.15, -0.1) is 0 Å². The third kappa shape index (κ3) is 2.78. The van der Waals surface area contributed by atoms with Crippen molar-refractivity contribution in [2.75, 3.05) is 0 Å². The van der Waals surface area contributed by atoms with Crippen molar-refractivity contribution in [1.29, 1.82) is 5.41 Å². The second-order valence-corrected chi connectivity index (χ2v) is 8.98. The number of hydrogen-bond donors (Lipinski definition) is 1. The predicted molar refractivity (Wildman–Crippen MR) is 108 cm³/mol. The van der Waals surface area contributed by atoms with Crippen LogP contribution < -0.4 is 11.0 Å². The molecular weight excluding hydrogens is 444 g/mol. The van der Waals surface area contributed by atoms with E-state index in [0.717, 1.165) is 4.47 Å². The zero-order valence-electron chi connectivity index (χ0n) is 14.8. The second kappa shape index (κ2) is 6.68. The van der Waals surface area contributed by atoms with E-state index in [1.54, 1.807) is 43.5 Å². The fourth-order valence-corrected chi connectivity index (χ4v) is 4.77. The van der Waals surface area contributed by atoms with Gasteiger partial charge < -0.3 is 4.57 Å². The highest BCUT2D eigenvalue weighted by Gasteiger charge is 2.23. The summed E-state index contributed by atoms with van der Waals surface area (Å²) in [6, 6.07) is 12.6. The van der Waals surface area contributed by atoms with Crippen LogP contribution in [0.2, 0.25) is 0 Å². The van der Waals surface area contributed by atoms with Crippen molar-refractivity contribution in [3.05, 3.63) is 75.0 Å². The summed E-state index contributed by atoms with van der Waals surface area (Å²) < 4.78 is 29.9. The molecule has 0 saturated carbocycles. The zero-order chi connectivity index (χ0) is 20.1. The van der Waals surface area contributed by atoms with Crippen molar-refractivity contribution in [1.82, 2.24) is 14.0 Å². The fraction of sp³-hybridized carbons (Fsp3) is 0.105. The number of halogens is 1. The van der Waals surface area contributed by atoms with E-state index in [4.69, 9.17) is 5.41 Å². The molecule has 0 fully saturated rings. The summed E-state index contributed by atoms with van der Waals surface area (Å²) >= 11 is 3.28. The van der Waals surface area contributed by atoms with Gasteiger partial charge in [0.1, 0.15) is 21.7 Å². The van der Waals surface area contributed by atoms with Crippen LogP contribution in [-0.4, -0.2) is 22.4 Å². The summed E-state index contributed by atoms with van der Waals surface area (Å²) in [4.78, 5) is 17.3. The van der Waals surface area contributed by atoms with Gasteiger partial charge >= 0.3 is 0 Å². The summed E-state index contributed by atoms with van der Waals surface area (Å²) in [7, 11) is -3.99. The van der Waals surface area contributed by atoms with Crippen LogP contribution in [0.4, 0.5) is 0 Å². The van der Waals surface area contributed by atoms with Crippen molar-refractivity contribution in [3.63, 3.8) is 0 Å².